The maximum atomic E-state index is 12.1. The van der Waals surface area contributed by atoms with Gasteiger partial charge in [-0.05, 0) is 6.42 Å². The first kappa shape index (κ1) is 10.9. The van der Waals surface area contributed by atoms with Crippen molar-refractivity contribution in [3.8, 4) is 0 Å². The van der Waals surface area contributed by atoms with Gasteiger partial charge in [0, 0.05) is 26.7 Å². The highest BCUT2D eigenvalue weighted by Crippen LogP contribution is 2.13. The molecule has 16 heavy (non-hydrogen) atoms. The standard InChI is InChI=1S/C10H16N4O2/c1-13-9(11)8(7-12-13)10(15)14-3-2-5-16-6-4-14/h7H,2-6,11H2,1H3. The third kappa shape index (κ3) is 2.01. The van der Waals surface area contributed by atoms with Crippen molar-refractivity contribution in [3.63, 3.8) is 0 Å². The number of nitrogen functional groups attached to an aromatic ring is 1. The average molecular weight is 224 g/mol. The van der Waals surface area contributed by atoms with E-state index >= 15 is 0 Å². The van der Waals surface area contributed by atoms with Gasteiger partial charge in [0.15, 0.2) is 0 Å². The van der Waals surface area contributed by atoms with E-state index < -0.39 is 0 Å². The average Bonchev–Trinajstić information content (AvgIpc) is 2.53. The first-order chi connectivity index (χ1) is 7.70. The molecule has 2 N–H and O–H groups in total. The second kappa shape index (κ2) is 4.52. The number of anilines is 1. The van der Waals surface area contributed by atoms with Gasteiger partial charge in [-0.2, -0.15) is 5.10 Å². The Balaban J connectivity index is 2.14. The molecule has 0 aromatic carbocycles. The topological polar surface area (TPSA) is 73.4 Å². The number of nitrogens with two attached hydrogens (primary N) is 1. The van der Waals surface area contributed by atoms with E-state index in [0.717, 1.165) is 6.42 Å². The summed E-state index contributed by atoms with van der Waals surface area (Å²) in [5.41, 5.74) is 6.25. The fourth-order valence-corrected chi connectivity index (χ4v) is 1.73. The smallest absolute Gasteiger partial charge is 0.259 e. The number of nitrogens with zero attached hydrogens (tertiary/aromatic N) is 3. The molecule has 6 nitrogen and oxygen atoms in total. The predicted octanol–water partition coefficient (Wildman–Crippen LogP) is -0.135. The highest BCUT2D eigenvalue weighted by Gasteiger charge is 2.21. The summed E-state index contributed by atoms with van der Waals surface area (Å²) in [5.74, 6) is 0.353. The molecule has 0 aliphatic carbocycles. The Bertz CT molecular complexity index is 380. The lowest BCUT2D eigenvalue weighted by Crippen LogP contribution is -2.33. The van der Waals surface area contributed by atoms with Gasteiger partial charge >= 0.3 is 0 Å². The molecule has 2 rings (SSSR count). The predicted molar refractivity (Wildman–Crippen MR) is 59.0 cm³/mol. The van der Waals surface area contributed by atoms with Gasteiger partial charge in [0.25, 0.3) is 5.91 Å². The molecule has 1 aliphatic rings. The third-order valence-corrected chi connectivity index (χ3v) is 2.72. The van der Waals surface area contributed by atoms with Crippen molar-refractivity contribution in [1.82, 2.24) is 14.7 Å². The van der Waals surface area contributed by atoms with E-state index in [2.05, 4.69) is 5.10 Å². The summed E-state index contributed by atoms with van der Waals surface area (Å²) in [6.45, 7) is 2.64. The van der Waals surface area contributed by atoms with Crippen LogP contribution in [0.1, 0.15) is 16.8 Å². The molecule has 6 heteroatoms. The lowest BCUT2D eigenvalue weighted by molar-refractivity contribution is 0.0742. The fraction of sp³-hybridized carbons (Fsp3) is 0.600. The normalized spacial score (nSPS) is 17.2. The minimum absolute atomic E-state index is 0.0592. The van der Waals surface area contributed by atoms with E-state index in [-0.39, 0.29) is 5.91 Å². The molecule has 0 saturated carbocycles. The highest BCUT2D eigenvalue weighted by molar-refractivity contribution is 5.98. The van der Waals surface area contributed by atoms with Crippen LogP contribution in [0, 0.1) is 0 Å². The number of carbonyl (C=O) groups is 1. The summed E-state index contributed by atoms with van der Waals surface area (Å²) >= 11 is 0. The van der Waals surface area contributed by atoms with E-state index in [0.29, 0.717) is 37.7 Å². The van der Waals surface area contributed by atoms with Crippen molar-refractivity contribution in [2.75, 3.05) is 32.0 Å². The van der Waals surface area contributed by atoms with Crippen molar-refractivity contribution in [2.45, 2.75) is 6.42 Å². The molecule has 1 amide bonds. The second-order valence-corrected chi connectivity index (χ2v) is 3.83. The van der Waals surface area contributed by atoms with E-state index in [9.17, 15) is 4.79 Å². The summed E-state index contributed by atoms with van der Waals surface area (Å²) in [6.07, 6.45) is 2.38. The van der Waals surface area contributed by atoms with Gasteiger partial charge in [-0.15, -0.1) is 0 Å². The van der Waals surface area contributed by atoms with Crippen molar-refractivity contribution in [3.05, 3.63) is 11.8 Å². The summed E-state index contributed by atoms with van der Waals surface area (Å²) in [7, 11) is 1.72. The molecule has 1 aromatic rings. The molecule has 0 unspecified atom stereocenters. The maximum Gasteiger partial charge on any atom is 0.259 e. The molecule has 88 valence electrons. The van der Waals surface area contributed by atoms with Gasteiger partial charge in [0.2, 0.25) is 0 Å². The van der Waals surface area contributed by atoms with Crippen molar-refractivity contribution >= 4 is 11.7 Å². The number of hydrogen-bond donors (Lipinski definition) is 1. The van der Waals surface area contributed by atoms with Crippen LogP contribution >= 0.6 is 0 Å². The monoisotopic (exact) mass is 224 g/mol. The van der Waals surface area contributed by atoms with Crippen molar-refractivity contribution in [2.24, 2.45) is 7.05 Å². The Morgan fingerprint density at radius 3 is 3.00 bits per heavy atom. The Morgan fingerprint density at radius 2 is 2.31 bits per heavy atom. The summed E-state index contributed by atoms with van der Waals surface area (Å²) in [5, 5.41) is 3.97. The fourth-order valence-electron chi connectivity index (χ4n) is 1.73. The van der Waals surface area contributed by atoms with Gasteiger partial charge in [-0.3, -0.25) is 9.48 Å². The highest BCUT2D eigenvalue weighted by atomic mass is 16.5. The van der Waals surface area contributed by atoms with Crippen LogP contribution in [0.25, 0.3) is 0 Å². The zero-order valence-corrected chi connectivity index (χ0v) is 9.35. The molecule has 1 aliphatic heterocycles. The molecule has 2 heterocycles. The van der Waals surface area contributed by atoms with E-state index in [1.807, 2.05) is 0 Å². The summed E-state index contributed by atoms with van der Waals surface area (Å²) in [6, 6.07) is 0. The molecule has 0 spiro atoms. The molecular formula is C10H16N4O2. The van der Waals surface area contributed by atoms with E-state index in [1.165, 1.54) is 10.9 Å². The molecule has 1 saturated heterocycles. The minimum atomic E-state index is -0.0592. The van der Waals surface area contributed by atoms with E-state index in [4.69, 9.17) is 10.5 Å². The summed E-state index contributed by atoms with van der Waals surface area (Å²) < 4.78 is 6.80. The quantitative estimate of drug-likeness (QED) is 0.721. The van der Waals surface area contributed by atoms with Crippen molar-refractivity contribution in [1.29, 1.82) is 0 Å². The van der Waals surface area contributed by atoms with Crippen LogP contribution < -0.4 is 5.73 Å². The molecule has 0 atom stereocenters. The molecule has 0 bridgehead atoms. The number of carbonyl (C=O) groups excluding carboxylic acids is 1. The number of rotatable bonds is 1. The van der Waals surface area contributed by atoms with Crippen LogP contribution in [0.5, 0.6) is 0 Å². The number of aromatic nitrogens is 2. The molecular weight excluding hydrogens is 208 g/mol. The lowest BCUT2D eigenvalue weighted by atomic mass is 10.2. The zero-order chi connectivity index (χ0) is 11.5. The molecule has 1 aromatic heterocycles. The van der Waals surface area contributed by atoms with Gasteiger partial charge in [0.05, 0.1) is 12.8 Å². The van der Waals surface area contributed by atoms with Crippen LogP contribution in [-0.4, -0.2) is 46.9 Å². The minimum Gasteiger partial charge on any atom is -0.383 e. The van der Waals surface area contributed by atoms with Crippen LogP contribution in [0.2, 0.25) is 0 Å². The first-order valence-electron chi connectivity index (χ1n) is 5.34. The third-order valence-electron chi connectivity index (χ3n) is 2.72. The largest absolute Gasteiger partial charge is 0.383 e. The first-order valence-corrected chi connectivity index (χ1v) is 5.34. The second-order valence-electron chi connectivity index (χ2n) is 3.83. The van der Waals surface area contributed by atoms with E-state index in [1.54, 1.807) is 11.9 Å². The van der Waals surface area contributed by atoms with Crippen molar-refractivity contribution < 1.29 is 9.53 Å². The molecule has 0 radical (unpaired) electrons. The van der Waals surface area contributed by atoms with Gasteiger partial charge in [0.1, 0.15) is 11.4 Å². The van der Waals surface area contributed by atoms with Gasteiger partial charge < -0.3 is 15.4 Å². The van der Waals surface area contributed by atoms with Gasteiger partial charge in [-0.25, -0.2) is 0 Å². The number of aryl methyl sites for hydroxylation is 1. The van der Waals surface area contributed by atoms with Crippen LogP contribution in [0.3, 0.4) is 0 Å². The molecule has 1 fully saturated rings. The summed E-state index contributed by atoms with van der Waals surface area (Å²) in [4.78, 5) is 13.9. The SMILES string of the molecule is Cn1ncc(C(=O)N2CCCOCC2)c1N. The Hall–Kier alpha value is -1.56. The lowest BCUT2D eigenvalue weighted by Gasteiger charge is -2.18. The Morgan fingerprint density at radius 1 is 1.50 bits per heavy atom. The zero-order valence-electron chi connectivity index (χ0n) is 9.35. The number of hydrogen-bond acceptors (Lipinski definition) is 4. The van der Waals surface area contributed by atoms with Crippen LogP contribution in [0.15, 0.2) is 6.20 Å². The van der Waals surface area contributed by atoms with Crippen LogP contribution in [0.4, 0.5) is 5.82 Å². The Labute approximate surface area is 94.0 Å². The number of ether oxygens (including phenoxy) is 1. The van der Waals surface area contributed by atoms with Crippen LogP contribution in [-0.2, 0) is 11.8 Å². The number of amides is 1. The Kier molecular flexibility index (Phi) is 3.09. The maximum absolute atomic E-state index is 12.1. The van der Waals surface area contributed by atoms with Gasteiger partial charge in [-0.1, -0.05) is 0 Å².